The Morgan fingerprint density at radius 3 is 2.00 bits per heavy atom. The lowest BCUT2D eigenvalue weighted by Gasteiger charge is -2.26. The van der Waals surface area contributed by atoms with Gasteiger partial charge < -0.3 is 45.7 Å². The van der Waals surface area contributed by atoms with Crippen LogP contribution in [0.2, 0.25) is 0 Å². The minimum atomic E-state index is -5.06. The van der Waals surface area contributed by atoms with E-state index in [4.69, 9.17) is 39.2 Å². The maximum Gasteiger partial charge on any atom is 0.472 e. The van der Waals surface area contributed by atoms with Crippen LogP contribution in [-0.4, -0.2) is 115 Å². The van der Waals surface area contributed by atoms with Crippen LogP contribution in [0.15, 0.2) is 25.3 Å². The third-order valence-electron chi connectivity index (χ3n) is 7.42. The molecule has 24 heteroatoms. The largest absolute Gasteiger partial charge is 0.472 e. The molecule has 0 aliphatic carbocycles. The van der Waals surface area contributed by atoms with Crippen LogP contribution in [0.3, 0.4) is 0 Å². The van der Waals surface area contributed by atoms with Crippen molar-refractivity contribution >= 4 is 49.4 Å². The van der Waals surface area contributed by atoms with Gasteiger partial charge in [-0.05, 0) is 0 Å². The molecule has 7 rings (SSSR count). The summed E-state index contributed by atoms with van der Waals surface area (Å²) in [4.78, 5) is 45.6. The van der Waals surface area contributed by atoms with Gasteiger partial charge in [0.2, 0.25) is 0 Å². The number of aliphatic hydroxyl groups excluding tert-OH is 2. The third kappa shape index (κ3) is 5.47. The van der Waals surface area contributed by atoms with Crippen molar-refractivity contribution in [1.29, 1.82) is 0 Å². The van der Waals surface area contributed by atoms with Crippen LogP contribution < -0.4 is 11.5 Å². The van der Waals surface area contributed by atoms with Crippen LogP contribution in [0.4, 0.5) is 11.6 Å². The number of nitrogen functional groups attached to an aromatic ring is 2. The second-order valence-corrected chi connectivity index (χ2v) is 13.5. The molecule has 2 bridgehead atoms. The van der Waals surface area contributed by atoms with Crippen molar-refractivity contribution in [2.75, 3.05) is 31.0 Å². The SMILES string of the molecule is Nc1ncnc2c1ncn2[C@@H]1O[C@@H]2COP(=O)(O)O[C@@H]3[C@H](O)[C@@H](COCP(=O)(O)O[C@H]2[C@H]1O)O[C@H]3n1cnc2c(N)ncnc21. The van der Waals surface area contributed by atoms with Crippen LogP contribution in [0.5, 0.6) is 0 Å². The summed E-state index contributed by atoms with van der Waals surface area (Å²) in [6.45, 7) is -1.27. The summed E-state index contributed by atoms with van der Waals surface area (Å²) in [7, 11) is -9.70. The molecule has 22 nitrogen and oxygen atoms in total. The maximum absolute atomic E-state index is 13.2. The molecule has 3 fully saturated rings. The fourth-order valence-electron chi connectivity index (χ4n) is 5.38. The number of hydrogen-bond acceptors (Lipinski definition) is 18. The normalized spacial score (nSPS) is 38.0. The van der Waals surface area contributed by atoms with Crippen LogP contribution >= 0.6 is 15.4 Å². The van der Waals surface area contributed by atoms with E-state index in [1.165, 1.54) is 34.4 Å². The molecular formula is C21H26N10O12P2. The van der Waals surface area contributed by atoms with Gasteiger partial charge in [-0.15, -0.1) is 0 Å². The molecule has 3 saturated heterocycles. The predicted octanol–water partition coefficient (Wildman–Crippen LogP) is -1.59. The van der Waals surface area contributed by atoms with Crippen molar-refractivity contribution < 1.29 is 56.9 Å². The van der Waals surface area contributed by atoms with Crippen LogP contribution in [-0.2, 0) is 36.9 Å². The van der Waals surface area contributed by atoms with Gasteiger partial charge in [0.15, 0.2) is 35.4 Å². The number of fused-ring (bicyclic) bond motifs is 5. The van der Waals surface area contributed by atoms with Crippen molar-refractivity contribution in [3.63, 3.8) is 0 Å². The van der Waals surface area contributed by atoms with Gasteiger partial charge in [0.1, 0.15) is 66.7 Å². The Balaban J connectivity index is 1.19. The standard InChI is InChI=1S/C21H26N10O12P2/c22-16-10-18(26-3-24-16)30(5-28-10)20-13(33)14-9(41-20)2-39-45(36,37)43-15-12(32)8(1-38-7-44(34,35)42-14)40-21(15)31-6-29-11-17(23)25-4-27-19(11)31/h3-6,8-9,12-15,20-21,32-33H,1-2,7H2,(H,34,35)(H,36,37)(H2,22,24,26)(H2,23,25,27)/t8-,9-,12-,13-,14-,15-,20-,21-/m1/s1. The molecule has 0 amide bonds. The van der Waals surface area contributed by atoms with Crippen LogP contribution in [0.25, 0.3) is 22.3 Å². The number of nitrogens with two attached hydrogens (primary N) is 2. The number of ether oxygens (including phenoxy) is 3. The fourth-order valence-corrected chi connectivity index (χ4v) is 7.35. The second kappa shape index (κ2) is 11.2. The lowest BCUT2D eigenvalue weighted by molar-refractivity contribution is -0.0633. The zero-order valence-electron chi connectivity index (χ0n) is 22.7. The van der Waals surface area contributed by atoms with E-state index >= 15 is 0 Å². The summed E-state index contributed by atoms with van der Waals surface area (Å²) in [5, 5.41) is 22.2. The Morgan fingerprint density at radius 1 is 0.756 bits per heavy atom. The fraction of sp³-hybridized carbons (Fsp3) is 0.524. The number of nitrogens with zero attached hydrogens (tertiary/aromatic N) is 8. The summed E-state index contributed by atoms with van der Waals surface area (Å²) < 4.78 is 62.1. The van der Waals surface area contributed by atoms with Gasteiger partial charge in [0, 0.05) is 0 Å². The first-order valence-electron chi connectivity index (χ1n) is 13.2. The summed E-state index contributed by atoms with van der Waals surface area (Å²) in [6.07, 6.45) is -7.72. The van der Waals surface area contributed by atoms with Gasteiger partial charge in [0.25, 0.3) is 0 Å². The maximum atomic E-state index is 13.2. The number of phosphoric acid groups is 1. The number of anilines is 2. The van der Waals surface area contributed by atoms with E-state index in [-0.39, 0.29) is 34.0 Å². The Hall–Kier alpha value is -3.24. The zero-order valence-corrected chi connectivity index (χ0v) is 24.5. The molecule has 0 saturated carbocycles. The first kappa shape index (κ1) is 30.4. The van der Waals surface area contributed by atoms with Gasteiger partial charge in [-0.1, -0.05) is 0 Å². The van der Waals surface area contributed by atoms with Crippen molar-refractivity contribution in [1.82, 2.24) is 39.0 Å². The Labute approximate surface area is 251 Å². The van der Waals surface area contributed by atoms with E-state index in [9.17, 15) is 29.1 Å². The molecule has 10 atom stereocenters. The highest BCUT2D eigenvalue weighted by atomic mass is 31.2. The predicted molar refractivity (Wildman–Crippen MR) is 145 cm³/mol. The first-order valence-corrected chi connectivity index (χ1v) is 16.4. The van der Waals surface area contributed by atoms with E-state index in [1.54, 1.807) is 0 Å². The minimum Gasteiger partial charge on any atom is -0.387 e. The number of phosphoric ester groups is 1. The molecule has 8 N–H and O–H groups in total. The van der Waals surface area contributed by atoms with Crippen LogP contribution in [0, 0.1) is 0 Å². The van der Waals surface area contributed by atoms with Gasteiger partial charge in [0.05, 0.1) is 25.9 Å². The number of imidazole rings is 2. The highest BCUT2D eigenvalue weighted by molar-refractivity contribution is 7.52. The molecule has 4 aromatic rings. The Bertz CT molecular complexity index is 1840. The molecule has 0 aromatic carbocycles. The quantitative estimate of drug-likeness (QED) is 0.131. The average molecular weight is 672 g/mol. The highest BCUT2D eigenvalue weighted by Crippen LogP contribution is 2.52. The molecule has 242 valence electrons. The molecule has 0 spiro atoms. The van der Waals surface area contributed by atoms with Gasteiger partial charge in [-0.25, -0.2) is 34.5 Å². The van der Waals surface area contributed by atoms with Crippen molar-refractivity contribution in [2.24, 2.45) is 0 Å². The van der Waals surface area contributed by atoms with E-state index in [0.717, 1.165) is 0 Å². The molecular weight excluding hydrogens is 646 g/mol. The van der Waals surface area contributed by atoms with E-state index in [0.29, 0.717) is 0 Å². The van der Waals surface area contributed by atoms with E-state index in [1.807, 2.05) is 0 Å². The monoisotopic (exact) mass is 672 g/mol. The highest BCUT2D eigenvalue weighted by Gasteiger charge is 2.53. The lowest BCUT2D eigenvalue weighted by Crippen LogP contribution is -2.38. The smallest absolute Gasteiger partial charge is 0.387 e. The number of rotatable bonds is 2. The first-order chi connectivity index (χ1) is 21.4. The summed E-state index contributed by atoms with van der Waals surface area (Å²) in [5.74, 6) is 0.104. The van der Waals surface area contributed by atoms with E-state index in [2.05, 4.69) is 29.9 Å². The summed E-state index contributed by atoms with van der Waals surface area (Å²) in [6, 6.07) is 0. The Kier molecular flexibility index (Phi) is 7.59. The zero-order chi connectivity index (χ0) is 31.7. The number of aromatic nitrogens is 8. The summed E-state index contributed by atoms with van der Waals surface area (Å²) in [5.41, 5.74) is 12.4. The number of aliphatic hydroxyl groups is 2. The van der Waals surface area contributed by atoms with Gasteiger partial charge >= 0.3 is 15.4 Å². The van der Waals surface area contributed by atoms with Crippen molar-refractivity contribution in [3.05, 3.63) is 25.3 Å². The molecule has 2 unspecified atom stereocenters. The van der Waals surface area contributed by atoms with Gasteiger partial charge in [-0.3, -0.25) is 27.3 Å². The minimum absolute atomic E-state index is 0.0501. The molecule has 3 aliphatic rings. The Morgan fingerprint density at radius 2 is 1.36 bits per heavy atom. The van der Waals surface area contributed by atoms with Crippen LogP contribution in [0.1, 0.15) is 12.5 Å². The second-order valence-electron chi connectivity index (χ2n) is 10.3. The topological polar surface area (TPSA) is 310 Å². The third-order valence-corrected chi connectivity index (χ3v) is 9.49. The van der Waals surface area contributed by atoms with Crippen molar-refractivity contribution in [2.45, 2.75) is 49.1 Å². The van der Waals surface area contributed by atoms with Crippen molar-refractivity contribution in [3.8, 4) is 0 Å². The molecule has 3 aliphatic heterocycles. The molecule has 4 aromatic heterocycles. The van der Waals surface area contributed by atoms with Gasteiger partial charge in [-0.2, -0.15) is 0 Å². The molecule has 0 radical (unpaired) electrons. The molecule has 7 heterocycles. The molecule has 45 heavy (non-hydrogen) atoms. The lowest BCUT2D eigenvalue weighted by atomic mass is 10.1. The number of hydrogen-bond donors (Lipinski definition) is 6. The van der Waals surface area contributed by atoms with E-state index < -0.39 is 84.1 Å². The average Bonchev–Trinajstić information content (AvgIpc) is 3.74. The summed E-state index contributed by atoms with van der Waals surface area (Å²) >= 11 is 0.